The molecule has 0 aromatic carbocycles. The number of aromatic nitrogens is 2. The molecule has 3 amide bonds. The molecule has 0 spiro atoms. The van der Waals surface area contributed by atoms with Crippen LogP contribution in [0.4, 0.5) is 0 Å². The van der Waals surface area contributed by atoms with Gasteiger partial charge in [0.05, 0.1) is 10.2 Å². The van der Waals surface area contributed by atoms with Crippen LogP contribution in [-0.2, 0) is 9.59 Å². The molecule has 9 heteroatoms. The van der Waals surface area contributed by atoms with Gasteiger partial charge in [-0.15, -0.1) is 11.3 Å². The topological polar surface area (TPSA) is 95.5 Å². The van der Waals surface area contributed by atoms with E-state index < -0.39 is 6.04 Å². The first-order chi connectivity index (χ1) is 14.5. The Morgan fingerprint density at radius 3 is 2.57 bits per heavy atom. The molecule has 3 atom stereocenters. The Morgan fingerprint density at radius 1 is 1.17 bits per heavy atom. The van der Waals surface area contributed by atoms with Crippen LogP contribution in [0.5, 0.6) is 0 Å². The molecular weight excluding hydrogens is 402 g/mol. The third-order valence-electron chi connectivity index (χ3n) is 6.24. The van der Waals surface area contributed by atoms with Gasteiger partial charge in [0.25, 0.3) is 5.91 Å². The third-order valence-corrected chi connectivity index (χ3v) is 7.15. The first-order valence-corrected chi connectivity index (χ1v) is 11.4. The van der Waals surface area contributed by atoms with Crippen molar-refractivity contribution >= 4 is 39.3 Å². The van der Waals surface area contributed by atoms with E-state index in [0.717, 1.165) is 23.1 Å². The van der Waals surface area contributed by atoms with Crippen LogP contribution in [0.1, 0.15) is 43.6 Å². The number of hydrogen-bond donors (Lipinski definition) is 1. The second kappa shape index (κ2) is 8.67. The van der Waals surface area contributed by atoms with Gasteiger partial charge in [0, 0.05) is 33.1 Å². The smallest absolute Gasteiger partial charge is 0.274 e. The van der Waals surface area contributed by atoms with Crippen LogP contribution in [0, 0.1) is 11.8 Å². The summed E-state index contributed by atoms with van der Waals surface area (Å²) in [5.41, 5.74) is 1.30. The lowest BCUT2D eigenvalue weighted by molar-refractivity contribution is -0.135. The number of amides is 3. The Morgan fingerprint density at radius 2 is 1.87 bits per heavy atom. The second-order valence-electron chi connectivity index (χ2n) is 8.15. The van der Waals surface area contributed by atoms with Crippen LogP contribution in [0.3, 0.4) is 0 Å². The number of carbonyl (C=O) groups is 3. The number of carbonyl (C=O) groups excluding carboxylic acids is 3. The highest BCUT2D eigenvalue weighted by Crippen LogP contribution is 2.33. The van der Waals surface area contributed by atoms with Crippen molar-refractivity contribution in [3.63, 3.8) is 0 Å². The van der Waals surface area contributed by atoms with Gasteiger partial charge in [-0.3, -0.25) is 14.4 Å². The summed E-state index contributed by atoms with van der Waals surface area (Å²) in [5, 5.41) is 4.68. The molecule has 2 aliphatic heterocycles. The summed E-state index contributed by atoms with van der Waals surface area (Å²) in [5.74, 6) is 0.555. The van der Waals surface area contributed by atoms with Crippen molar-refractivity contribution in [3.8, 4) is 0 Å². The number of rotatable bonds is 5. The van der Waals surface area contributed by atoms with Crippen LogP contribution in [0.2, 0.25) is 0 Å². The van der Waals surface area contributed by atoms with E-state index in [0.29, 0.717) is 50.1 Å². The minimum Gasteiger partial charge on any atom is -0.345 e. The van der Waals surface area contributed by atoms with Gasteiger partial charge in [-0.1, -0.05) is 6.92 Å². The normalized spacial score (nSPS) is 22.5. The lowest BCUT2D eigenvalue weighted by Crippen LogP contribution is -2.47. The standard InChI is InChI=1S/C21H27N5O3S/c1-3-16(24-13(2)27)20(28)25-7-4-14(10-25)15-5-8-26(11-15)21(29)18-19-17(6-9-30-19)22-12-23-18/h6,9,12,14-16H,3-5,7-8,10-11H2,1-2H3,(H,24,27). The Balaban J connectivity index is 1.37. The van der Waals surface area contributed by atoms with Crippen LogP contribution in [0.15, 0.2) is 17.8 Å². The maximum absolute atomic E-state index is 13.1. The third kappa shape index (κ3) is 4.03. The van der Waals surface area contributed by atoms with E-state index in [4.69, 9.17) is 0 Å². The van der Waals surface area contributed by atoms with Gasteiger partial charge in [-0.05, 0) is 42.5 Å². The minimum atomic E-state index is -0.450. The average Bonchev–Trinajstić information content (AvgIpc) is 3.49. The van der Waals surface area contributed by atoms with Gasteiger partial charge in [0.15, 0.2) is 0 Å². The highest BCUT2D eigenvalue weighted by molar-refractivity contribution is 7.17. The van der Waals surface area contributed by atoms with Gasteiger partial charge < -0.3 is 15.1 Å². The monoisotopic (exact) mass is 429 g/mol. The van der Waals surface area contributed by atoms with Gasteiger partial charge >= 0.3 is 0 Å². The summed E-state index contributed by atoms with van der Waals surface area (Å²) in [4.78, 5) is 49.4. The van der Waals surface area contributed by atoms with Crippen molar-refractivity contribution in [2.75, 3.05) is 26.2 Å². The van der Waals surface area contributed by atoms with Crippen molar-refractivity contribution in [2.45, 2.75) is 39.2 Å². The summed E-state index contributed by atoms with van der Waals surface area (Å²) >= 11 is 1.49. The summed E-state index contributed by atoms with van der Waals surface area (Å²) in [6, 6.07) is 1.45. The molecule has 2 aliphatic rings. The molecule has 2 aromatic heterocycles. The van der Waals surface area contributed by atoms with Crippen molar-refractivity contribution in [3.05, 3.63) is 23.5 Å². The van der Waals surface area contributed by atoms with E-state index in [1.165, 1.54) is 24.6 Å². The number of fused-ring (bicyclic) bond motifs is 1. The number of likely N-dealkylation sites (tertiary alicyclic amines) is 2. The highest BCUT2D eigenvalue weighted by atomic mass is 32.1. The molecule has 3 unspecified atom stereocenters. The van der Waals surface area contributed by atoms with Crippen LogP contribution in [-0.4, -0.2) is 69.7 Å². The van der Waals surface area contributed by atoms with E-state index in [1.807, 2.05) is 28.2 Å². The summed E-state index contributed by atoms with van der Waals surface area (Å²) in [6.45, 7) is 6.17. The summed E-state index contributed by atoms with van der Waals surface area (Å²) < 4.78 is 0.840. The molecule has 0 radical (unpaired) electrons. The second-order valence-corrected chi connectivity index (χ2v) is 9.07. The molecule has 4 rings (SSSR count). The van der Waals surface area contributed by atoms with Crippen molar-refractivity contribution in [1.29, 1.82) is 0 Å². The van der Waals surface area contributed by atoms with Crippen LogP contribution < -0.4 is 5.32 Å². The predicted molar refractivity (Wildman–Crippen MR) is 114 cm³/mol. The fourth-order valence-corrected chi connectivity index (χ4v) is 5.45. The Kier molecular flexibility index (Phi) is 5.99. The van der Waals surface area contributed by atoms with Gasteiger partial charge in [-0.25, -0.2) is 9.97 Å². The molecule has 2 fully saturated rings. The van der Waals surface area contributed by atoms with E-state index >= 15 is 0 Å². The van der Waals surface area contributed by atoms with Gasteiger partial charge in [0.1, 0.15) is 18.1 Å². The molecule has 2 saturated heterocycles. The first-order valence-electron chi connectivity index (χ1n) is 10.5. The predicted octanol–water partition coefficient (Wildman–Crippen LogP) is 1.92. The number of nitrogens with zero attached hydrogens (tertiary/aromatic N) is 4. The molecule has 8 nitrogen and oxygen atoms in total. The zero-order valence-corrected chi connectivity index (χ0v) is 18.2. The quantitative estimate of drug-likeness (QED) is 0.783. The lowest BCUT2D eigenvalue weighted by atomic mass is 9.91. The van der Waals surface area contributed by atoms with Crippen LogP contribution in [0.25, 0.3) is 10.2 Å². The maximum Gasteiger partial charge on any atom is 0.274 e. The molecule has 0 saturated carbocycles. The number of nitrogens with one attached hydrogen (secondary N) is 1. The zero-order valence-electron chi connectivity index (χ0n) is 17.3. The SMILES string of the molecule is CCC(NC(C)=O)C(=O)N1CCC(C2CCN(C(=O)c3ncnc4ccsc34)C2)C1. The Hall–Kier alpha value is -2.55. The molecular formula is C21H27N5O3S. The number of hydrogen-bond acceptors (Lipinski definition) is 6. The largest absolute Gasteiger partial charge is 0.345 e. The van der Waals surface area contributed by atoms with E-state index in [9.17, 15) is 14.4 Å². The van der Waals surface area contributed by atoms with Crippen LogP contribution >= 0.6 is 11.3 Å². The van der Waals surface area contributed by atoms with E-state index in [-0.39, 0.29) is 17.7 Å². The number of thiophene rings is 1. The minimum absolute atomic E-state index is 0.00204. The Bertz CT molecular complexity index is 961. The molecule has 0 bridgehead atoms. The first kappa shape index (κ1) is 20.7. The average molecular weight is 430 g/mol. The van der Waals surface area contributed by atoms with Gasteiger partial charge in [0.2, 0.25) is 11.8 Å². The van der Waals surface area contributed by atoms with Crippen molar-refractivity contribution < 1.29 is 14.4 Å². The summed E-state index contributed by atoms with van der Waals surface area (Å²) in [6.07, 6.45) is 3.93. The fourth-order valence-electron chi connectivity index (χ4n) is 4.62. The molecule has 4 heterocycles. The molecule has 160 valence electrons. The maximum atomic E-state index is 13.1. The van der Waals surface area contributed by atoms with Crippen molar-refractivity contribution in [1.82, 2.24) is 25.1 Å². The fraction of sp³-hybridized carbons (Fsp3) is 0.571. The van der Waals surface area contributed by atoms with E-state index in [2.05, 4.69) is 15.3 Å². The molecule has 2 aromatic rings. The zero-order chi connectivity index (χ0) is 21.3. The van der Waals surface area contributed by atoms with Gasteiger partial charge in [-0.2, -0.15) is 0 Å². The molecule has 1 N–H and O–H groups in total. The molecule has 0 aliphatic carbocycles. The highest BCUT2D eigenvalue weighted by Gasteiger charge is 2.38. The van der Waals surface area contributed by atoms with E-state index in [1.54, 1.807) is 0 Å². The van der Waals surface area contributed by atoms with Crippen molar-refractivity contribution in [2.24, 2.45) is 11.8 Å². The lowest BCUT2D eigenvalue weighted by Gasteiger charge is -2.24. The summed E-state index contributed by atoms with van der Waals surface area (Å²) in [7, 11) is 0. The Labute approximate surface area is 179 Å². The molecule has 30 heavy (non-hydrogen) atoms.